The first-order chi connectivity index (χ1) is 17.5. The zero-order valence-corrected chi connectivity index (χ0v) is 19.7. The summed E-state index contributed by atoms with van der Waals surface area (Å²) in [6.45, 7) is 0. The van der Waals surface area contributed by atoms with Crippen molar-refractivity contribution in [2.24, 2.45) is 10.8 Å². The molecule has 2 fully saturated rings. The van der Waals surface area contributed by atoms with Crippen LogP contribution in [0.15, 0.2) is 103 Å². The minimum absolute atomic E-state index is 0.0401. The van der Waals surface area contributed by atoms with Crippen molar-refractivity contribution in [1.29, 1.82) is 0 Å². The molecule has 1 saturated carbocycles. The zero-order valence-electron chi connectivity index (χ0n) is 19.7. The van der Waals surface area contributed by atoms with E-state index in [-0.39, 0.29) is 23.2 Å². The standard InChI is InChI=1S/C30H26N2O4/c33-27-29-17-9-10-18-30(29,28(34)31(27)24-15-7-8-16-25(24)32(35)36)20-23(19-29)26(21-11-3-1-4-12-21)22-13-5-2-6-14-22/h1-16,32,35H,17-20H2. The fourth-order valence-electron chi connectivity index (χ4n) is 6.52. The van der Waals surface area contributed by atoms with Crippen molar-refractivity contribution in [3.8, 4) is 0 Å². The summed E-state index contributed by atoms with van der Waals surface area (Å²) in [5.41, 5.74) is 2.57. The number of anilines is 1. The number of amides is 2. The highest BCUT2D eigenvalue weighted by atomic mass is 16.8. The number of allylic oxidation sites excluding steroid dienone is 3. The summed E-state index contributed by atoms with van der Waals surface area (Å²) in [6.07, 6.45) is 5.86. The van der Waals surface area contributed by atoms with Gasteiger partial charge in [0.15, 0.2) is 5.69 Å². The van der Waals surface area contributed by atoms with Crippen LogP contribution in [0.1, 0.15) is 36.8 Å². The lowest BCUT2D eigenvalue weighted by Gasteiger charge is -2.36. The molecule has 3 aromatic rings. The second kappa shape index (κ2) is 8.38. The first-order valence-corrected chi connectivity index (χ1v) is 12.2. The molecule has 2 aliphatic carbocycles. The van der Waals surface area contributed by atoms with E-state index in [4.69, 9.17) is 0 Å². The van der Waals surface area contributed by atoms with Gasteiger partial charge in [-0.25, -0.2) is 10.1 Å². The van der Waals surface area contributed by atoms with E-state index in [9.17, 15) is 20.0 Å². The smallest absolute Gasteiger partial charge is 0.241 e. The predicted octanol–water partition coefficient (Wildman–Crippen LogP) is 4.58. The van der Waals surface area contributed by atoms with Crippen LogP contribution in [-0.2, 0) is 9.59 Å². The topological polar surface area (TPSA) is 85.1 Å². The third kappa shape index (κ3) is 3.09. The number of rotatable bonds is 4. The highest BCUT2D eigenvalue weighted by Crippen LogP contribution is 2.67. The molecule has 6 nitrogen and oxygen atoms in total. The molecule has 0 aromatic heterocycles. The Bertz CT molecular complexity index is 1330. The van der Waals surface area contributed by atoms with Gasteiger partial charge in [0.2, 0.25) is 11.8 Å². The average molecular weight is 479 g/mol. The summed E-state index contributed by atoms with van der Waals surface area (Å²) in [4.78, 5) is 29.6. The molecule has 3 atom stereocenters. The highest BCUT2D eigenvalue weighted by molar-refractivity contribution is 6.27. The Labute approximate surface area is 209 Å². The Balaban J connectivity index is 1.53. The SMILES string of the molecule is O=C1N(c2ccccc2[NH+]([O-])O)C(=O)C23CC=CCC12CC(=C(c1ccccc1)c1ccccc1)C3. The third-order valence-corrected chi connectivity index (χ3v) is 8.12. The van der Waals surface area contributed by atoms with Gasteiger partial charge >= 0.3 is 0 Å². The average Bonchev–Trinajstić information content (AvgIpc) is 3.35. The van der Waals surface area contributed by atoms with Gasteiger partial charge in [-0.2, -0.15) is 5.23 Å². The van der Waals surface area contributed by atoms with Gasteiger partial charge in [-0.15, -0.1) is 0 Å². The maximum Gasteiger partial charge on any atom is 0.241 e. The van der Waals surface area contributed by atoms with Gasteiger partial charge in [0.25, 0.3) is 0 Å². The van der Waals surface area contributed by atoms with Gasteiger partial charge in [-0.05, 0) is 48.4 Å². The Kier molecular flexibility index (Phi) is 5.26. The van der Waals surface area contributed by atoms with E-state index in [0.717, 1.165) is 27.2 Å². The van der Waals surface area contributed by atoms with Crippen molar-refractivity contribution in [2.75, 3.05) is 4.90 Å². The van der Waals surface area contributed by atoms with Gasteiger partial charge in [0.1, 0.15) is 5.69 Å². The number of nitrogens with one attached hydrogen (secondary N) is 1. The largest absolute Gasteiger partial charge is 0.595 e. The number of carbonyl (C=O) groups excluding carboxylic acids is 2. The summed E-state index contributed by atoms with van der Waals surface area (Å²) in [7, 11) is 0. The Hall–Kier alpha value is -3.84. The third-order valence-electron chi connectivity index (χ3n) is 8.12. The van der Waals surface area contributed by atoms with Crippen molar-refractivity contribution >= 4 is 28.8 Å². The molecular formula is C30H26N2O4. The number of para-hydroxylation sites is 2. The Morgan fingerprint density at radius 3 is 1.72 bits per heavy atom. The molecular weight excluding hydrogens is 452 g/mol. The van der Waals surface area contributed by atoms with E-state index in [1.165, 1.54) is 6.07 Å². The van der Waals surface area contributed by atoms with E-state index in [1.807, 2.05) is 48.6 Å². The first-order valence-electron chi connectivity index (χ1n) is 12.2. The van der Waals surface area contributed by atoms with Crippen LogP contribution >= 0.6 is 0 Å². The van der Waals surface area contributed by atoms with Crippen LogP contribution in [0.3, 0.4) is 0 Å². The fraction of sp³-hybridized carbons (Fsp3) is 0.200. The van der Waals surface area contributed by atoms with E-state index >= 15 is 0 Å². The summed E-state index contributed by atoms with van der Waals surface area (Å²) in [5, 5.41) is 20.5. The van der Waals surface area contributed by atoms with Gasteiger partial charge < -0.3 is 5.21 Å². The van der Waals surface area contributed by atoms with Gasteiger partial charge in [-0.1, -0.05) is 90.5 Å². The number of nitrogens with zero attached hydrogens (tertiary/aromatic N) is 1. The van der Waals surface area contributed by atoms with E-state index < -0.39 is 16.1 Å². The normalized spacial score (nSPS) is 25.6. The number of hydrogen-bond acceptors (Lipinski definition) is 4. The number of carbonyl (C=O) groups is 2. The maximum absolute atomic E-state index is 14.2. The van der Waals surface area contributed by atoms with Crippen molar-refractivity contribution in [1.82, 2.24) is 0 Å². The quantitative estimate of drug-likeness (QED) is 0.327. The van der Waals surface area contributed by atoms with Crippen LogP contribution in [0.4, 0.5) is 11.4 Å². The Morgan fingerprint density at radius 2 is 1.22 bits per heavy atom. The monoisotopic (exact) mass is 478 g/mol. The lowest BCUT2D eigenvalue weighted by molar-refractivity contribution is -0.990. The van der Waals surface area contributed by atoms with Crippen LogP contribution in [0.25, 0.3) is 5.57 Å². The van der Waals surface area contributed by atoms with Gasteiger partial charge in [0.05, 0.1) is 10.8 Å². The summed E-state index contributed by atoms with van der Waals surface area (Å²) in [6, 6.07) is 26.5. The van der Waals surface area contributed by atoms with Crippen molar-refractivity contribution in [3.63, 3.8) is 0 Å². The highest BCUT2D eigenvalue weighted by Gasteiger charge is 2.72. The molecule has 180 valence electrons. The molecule has 3 unspecified atom stereocenters. The van der Waals surface area contributed by atoms with Crippen LogP contribution in [-0.4, -0.2) is 17.0 Å². The van der Waals surface area contributed by atoms with Crippen molar-refractivity contribution in [2.45, 2.75) is 25.7 Å². The number of imide groups is 1. The molecule has 2 amide bonds. The lowest BCUT2D eigenvalue weighted by atomic mass is 9.61. The van der Waals surface area contributed by atoms with Crippen LogP contribution in [0.2, 0.25) is 0 Å². The first kappa shape index (κ1) is 22.6. The fourth-order valence-corrected chi connectivity index (χ4v) is 6.52. The molecule has 1 aliphatic heterocycles. The van der Waals surface area contributed by atoms with E-state index in [0.29, 0.717) is 25.7 Å². The molecule has 36 heavy (non-hydrogen) atoms. The summed E-state index contributed by atoms with van der Waals surface area (Å²) in [5.74, 6) is -0.581. The minimum atomic E-state index is -1.16. The molecule has 6 rings (SSSR count). The molecule has 1 saturated heterocycles. The lowest BCUT2D eigenvalue weighted by Crippen LogP contribution is -2.99. The molecule has 3 aromatic carbocycles. The molecule has 3 aliphatic rings. The van der Waals surface area contributed by atoms with Crippen molar-refractivity contribution < 1.29 is 20.0 Å². The van der Waals surface area contributed by atoms with Gasteiger partial charge in [0, 0.05) is 6.07 Å². The zero-order chi connectivity index (χ0) is 24.9. The predicted molar refractivity (Wildman–Crippen MR) is 136 cm³/mol. The number of hydrogen-bond donors (Lipinski definition) is 2. The minimum Gasteiger partial charge on any atom is -0.595 e. The summed E-state index contributed by atoms with van der Waals surface area (Å²) < 4.78 is 0. The van der Waals surface area contributed by atoms with Crippen LogP contribution in [0, 0.1) is 16.0 Å². The van der Waals surface area contributed by atoms with E-state index in [2.05, 4.69) is 24.3 Å². The van der Waals surface area contributed by atoms with E-state index in [1.54, 1.807) is 18.2 Å². The molecule has 6 heteroatoms. The molecule has 0 bridgehead atoms. The number of quaternary nitrogens is 1. The van der Waals surface area contributed by atoms with Crippen LogP contribution in [0.5, 0.6) is 0 Å². The maximum atomic E-state index is 14.2. The van der Waals surface area contributed by atoms with Crippen molar-refractivity contribution in [3.05, 3.63) is 119 Å². The van der Waals surface area contributed by atoms with Gasteiger partial charge in [-0.3, -0.25) is 9.59 Å². The van der Waals surface area contributed by atoms with Crippen LogP contribution < -0.4 is 10.1 Å². The Morgan fingerprint density at radius 1 is 0.750 bits per heavy atom. The second-order valence-electron chi connectivity index (χ2n) is 9.88. The second-order valence-corrected chi connectivity index (χ2v) is 9.88. The molecule has 1 heterocycles. The summed E-state index contributed by atoms with van der Waals surface area (Å²) >= 11 is 0. The number of benzene rings is 3. The molecule has 2 N–H and O–H groups in total. The molecule has 0 radical (unpaired) electrons. The molecule has 0 spiro atoms.